The molecule has 2 aromatic carbocycles. The molecule has 0 heterocycles. The van der Waals surface area contributed by atoms with Crippen molar-refractivity contribution in [3.8, 4) is 5.75 Å². The molecule has 1 amide bonds. The highest BCUT2D eigenvalue weighted by atomic mass is 32.1. The number of anilines is 1. The van der Waals surface area contributed by atoms with E-state index in [-0.39, 0.29) is 16.4 Å². The fourth-order valence-corrected chi connectivity index (χ4v) is 2.10. The number of hydrogen-bond acceptors (Lipinski definition) is 5. The molecule has 0 saturated carbocycles. The Labute approximate surface area is 149 Å². The number of nitro benzene ring substituents is 1. The van der Waals surface area contributed by atoms with Crippen molar-refractivity contribution in [3.63, 3.8) is 0 Å². The number of ether oxygens (including phenoxy) is 1. The number of benzene rings is 2. The lowest BCUT2D eigenvalue weighted by Gasteiger charge is -2.10. The van der Waals surface area contributed by atoms with Crippen LogP contribution in [0.4, 0.5) is 11.4 Å². The van der Waals surface area contributed by atoms with Crippen molar-refractivity contribution < 1.29 is 14.5 Å². The van der Waals surface area contributed by atoms with Gasteiger partial charge in [0.2, 0.25) is 0 Å². The molecule has 0 radical (unpaired) electrons. The summed E-state index contributed by atoms with van der Waals surface area (Å²) in [5.74, 6) is 0.143. The quantitative estimate of drug-likeness (QED) is 0.357. The van der Waals surface area contributed by atoms with Crippen LogP contribution < -0.4 is 15.4 Å². The van der Waals surface area contributed by atoms with E-state index >= 15 is 0 Å². The van der Waals surface area contributed by atoms with E-state index < -0.39 is 10.8 Å². The van der Waals surface area contributed by atoms with Crippen LogP contribution in [0.15, 0.2) is 61.2 Å². The number of non-ortho nitro benzene ring substituents is 1. The van der Waals surface area contributed by atoms with Crippen LogP contribution in [0.3, 0.4) is 0 Å². The molecule has 0 unspecified atom stereocenters. The molecule has 2 aromatic rings. The first kappa shape index (κ1) is 18.1. The van der Waals surface area contributed by atoms with Gasteiger partial charge < -0.3 is 10.1 Å². The Morgan fingerprint density at radius 1 is 1.28 bits per heavy atom. The minimum absolute atomic E-state index is 0.0799. The highest BCUT2D eigenvalue weighted by molar-refractivity contribution is 7.80. The number of amides is 1. The van der Waals surface area contributed by atoms with Gasteiger partial charge in [0.05, 0.1) is 4.92 Å². The van der Waals surface area contributed by atoms with Crippen molar-refractivity contribution in [1.29, 1.82) is 0 Å². The minimum Gasteiger partial charge on any atom is -0.490 e. The van der Waals surface area contributed by atoms with Crippen LogP contribution in [-0.2, 0) is 0 Å². The van der Waals surface area contributed by atoms with E-state index in [4.69, 9.17) is 17.0 Å². The van der Waals surface area contributed by atoms with Gasteiger partial charge in [-0.25, -0.2) is 0 Å². The lowest BCUT2D eigenvalue weighted by molar-refractivity contribution is -0.384. The van der Waals surface area contributed by atoms with Gasteiger partial charge >= 0.3 is 0 Å². The molecular formula is C17H15N3O4S. The molecule has 2 N–H and O–H groups in total. The average molecular weight is 357 g/mol. The lowest BCUT2D eigenvalue weighted by Crippen LogP contribution is -2.34. The number of nitrogens with one attached hydrogen (secondary N) is 2. The average Bonchev–Trinajstić information content (AvgIpc) is 2.61. The summed E-state index contributed by atoms with van der Waals surface area (Å²) in [4.78, 5) is 22.3. The molecule has 7 nitrogen and oxygen atoms in total. The molecule has 25 heavy (non-hydrogen) atoms. The van der Waals surface area contributed by atoms with Gasteiger partial charge in [0, 0.05) is 23.4 Å². The molecule has 128 valence electrons. The van der Waals surface area contributed by atoms with Crippen molar-refractivity contribution in [2.75, 3.05) is 11.9 Å². The summed E-state index contributed by atoms with van der Waals surface area (Å²) in [5.41, 5.74) is 0.642. The molecule has 0 aliphatic rings. The maximum atomic E-state index is 12.1. The van der Waals surface area contributed by atoms with Crippen LogP contribution in [0.2, 0.25) is 0 Å². The van der Waals surface area contributed by atoms with E-state index in [1.165, 1.54) is 24.3 Å². The third-order valence-corrected chi connectivity index (χ3v) is 3.23. The van der Waals surface area contributed by atoms with Crippen molar-refractivity contribution >= 4 is 34.6 Å². The first-order valence-corrected chi connectivity index (χ1v) is 7.61. The zero-order valence-corrected chi connectivity index (χ0v) is 13.9. The third kappa shape index (κ3) is 5.40. The largest absolute Gasteiger partial charge is 0.490 e. The van der Waals surface area contributed by atoms with Crippen molar-refractivity contribution in [3.05, 3.63) is 76.9 Å². The summed E-state index contributed by atoms with van der Waals surface area (Å²) in [5, 5.41) is 16.2. The molecule has 0 aliphatic heterocycles. The Balaban J connectivity index is 1.95. The Morgan fingerprint density at radius 3 is 2.64 bits per heavy atom. The predicted octanol–water partition coefficient (Wildman–Crippen LogP) is 3.29. The molecule has 0 spiro atoms. The van der Waals surface area contributed by atoms with Gasteiger partial charge in [0.25, 0.3) is 11.6 Å². The molecule has 0 aromatic heterocycles. The topological polar surface area (TPSA) is 93.5 Å². The van der Waals surface area contributed by atoms with Gasteiger partial charge in [-0.2, -0.15) is 0 Å². The van der Waals surface area contributed by atoms with Gasteiger partial charge in [-0.15, -0.1) is 0 Å². The highest BCUT2D eigenvalue weighted by Crippen LogP contribution is 2.16. The normalized spacial score (nSPS) is 9.76. The molecule has 8 heteroatoms. The van der Waals surface area contributed by atoms with E-state index in [2.05, 4.69) is 17.2 Å². The molecule has 0 aliphatic carbocycles. The molecule has 0 bridgehead atoms. The second kappa shape index (κ2) is 8.55. The second-order valence-electron chi connectivity index (χ2n) is 4.84. The van der Waals surface area contributed by atoms with Crippen molar-refractivity contribution in [1.82, 2.24) is 5.32 Å². The predicted molar refractivity (Wildman–Crippen MR) is 98.9 cm³/mol. The van der Waals surface area contributed by atoms with Crippen molar-refractivity contribution in [2.24, 2.45) is 0 Å². The molecule has 2 rings (SSSR count). The maximum absolute atomic E-state index is 12.1. The van der Waals surface area contributed by atoms with Gasteiger partial charge in [0.1, 0.15) is 12.4 Å². The third-order valence-electron chi connectivity index (χ3n) is 3.03. The first-order chi connectivity index (χ1) is 12.0. The molecule has 0 atom stereocenters. The van der Waals surface area contributed by atoms with E-state index in [1.807, 2.05) is 0 Å². The summed E-state index contributed by atoms with van der Waals surface area (Å²) in [6.07, 6.45) is 1.64. The number of carbonyl (C=O) groups excluding carboxylic acids is 1. The summed E-state index contributed by atoms with van der Waals surface area (Å²) in [6.45, 7) is 3.98. The Hall–Kier alpha value is -3.26. The summed E-state index contributed by atoms with van der Waals surface area (Å²) in [7, 11) is 0. The van der Waals surface area contributed by atoms with Crippen LogP contribution in [0.1, 0.15) is 10.4 Å². The van der Waals surface area contributed by atoms with Crippen LogP contribution in [-0.4, -0.2) is 22.5 Å². The number of carbonyl (C=O) groups is 1. The summed E-state index contributed by atoms with van der Waals surface area (Å²) < 4.78 is 5.36. The summed E-state index contributed by atoms with van der Waals surface area (Å²) >= 11 is 5.08. The van der Waals surface area contributed by atoms with Gasteiger partial charge in [-0.3, -0.25) is 20.2 Å². The van der Waals surface area contributed by atoms with Crippen LogP contribution >= 0.6 is 12.2 Å². The van der Waals surface area contributed by atoms with E-state index in [1.54, 1.807) is 30.3 Å². The lowest BCUT2D eigenvalue weighted by atomic mass is 10.2. The van der Waals surface area contributed by atoms with Crippen LogP contribution in [0, 0.1) is 10.1 Å². The Kier molecular flexibility index (Phi) is 6.19. The number of nitro groups is 1. The van der Waals surface area contributed by atoms with E-state index in [0.717, 1.165) is 0 Å². The number of nitrogens with zero attached hydrogens (tertiary/aromatic N) is 1. The standard InChI is InChI=1S/C17H15N3O4S/c1-2-10-24-15-8-6-13(7-9-15)18-17(25)19-16(21)12-4-3-5-14(11-12)20(22)23/h2-9,11H,1,10H2,(H2,18,19,21,25). The van der Waals surface area contributed by atoms with Gasteiger partial charge in [-0.1, -0.05) is 18.7 Å². The van der Waals surface area contributed by atoms with E-state index in [9.17, 15) is 14.9 Å². The fourth-order valence-electron chi connectivity index (χ4n) is 1.89. The first-order valence-electron chi connectivity index (χ1n) is 7.20. The molecule has 0 fully saturated rings. The summed E-state index contributed by atoms with van der Waals surface area (Å²) in [6, 6.07) is 12.4. The van der Waals surface area contributed by atoms with Gasteiger partial charge in [-0.05, 0) is 42.5 Å². The Morgan fingerprint density at radius 2 is 2.00 bits per heavy atom. The van der Waals surface area contributed by atoms with Crippen molar-refractivity contribution in [2.45, 2.75) is 0 Å². The fraction of sp³-hybridized carbons (Fsp3) is 0.0588. The number of rotatable bonds is 6. The second-order valence-corrected chi connectivity index (χ2v) is 5.25. The van der Waals surface area contributed by atoms with Crippen LogP contribution in [0.25, 0.3) is 0 Å². The van der Waals surface area contributed by atoms with Crippen LogP contribution in [0.5, 0.6) is 5.75 Å². The Bertz CT molecular complexity index is 806. The molecular weight excluding hydrogens is 342 g/mol. The monoisotopic (exact) mass is 357 g/mol. The zero-order valence-electron chi connectivity index (χ0n) is 13.1. The maximum Gasteiger partial charge on any atom is 0.270 e. The SMILES string of the molecule is C=CCOc1ccc(NC(=S)NC(=O)c2cccc([N+](=O)[O-])c2)cc1. The molecule has 0 saturated heterocycles. The zero-order chi connectivity index (χ0) is 18.2. The smallest absolute Gasteiger partial charge is 0.270 e. The number of thiocarbonyl (C=S) groups is 1. The van der Waals surface area contributed by atoms with E-state index in [0.29, 0.717) is 18.0 Å². The van der Waals surface area contributed by atoms with Gasteiger partial charge in [0.15, 0.2) is 5.11 Å². The highest BCUT2D eigenvalue weighted by Gasteiger charge is 2.12. The minimum atomic E-state index is -0.566. The number of hydrogen-bond donors (Lipinski definition) is 2.